The summed E-state index contributed by atoms with van der Waals surface area (Å²) in [5.74, 6) is 0.531. The van der Waals surface area contributed by atoms with E-state index in [0.29, 0.717) is 5.56 Å². The maximum atomic E-state index is 13.2. The number of unbranched alkanes of at least 4 members (excludes halogenated alkanes) is 2. The van der Waals surface area contributed by atoms with Crippen molar-refractivity contribution in [2.24, 2.45) is 0 Å². The van der Waals surface area contributed by atoms with Crippen LogP contribution in [0, 0.1) is 12.7 Å². The summed E-state index contributed by atoms with van der Waals surface area (Å²) in [6.07, 6.45) is 3.09. The molecule has 0 aliphatic carbocycles. The fourth-order valence-electron chi connectivity index (χ4n) is 2.62. The van der Waals surface area contributed by atoms with E-state index in [1.165, 1.54) is 36.0 Å². The van der Waals surface area contributed by atoms with Crippen molar-refractivity contribution in [1.29, 1.82) is 0 Å². The maximum Gasteiger partial charge on any atom is 0.228 e. The average Bonchev–Trinajstić information content (AvgIpc) is 3.11. The Labute approximate surface area is 169 Å². The van der Waals surface area contributed by atoms with Crippen molar-refractivity contribution in [2.75, 3.05) is 5.75 Å². The molecule has 148 valence electrons. The fraction of sp³-hybridized carbons (Fsp3) is 0.286. The molecule has 0 amide bonds. The molecule has 0 fully saturated rings. The third kappa shape index (κ3) is 4.64. The summed E-state index contributed by atoms with van der Waals surface area (Å²) in [5, 5.41) is 0.188. The summed E-state index contributed by atoms with van der Waals surface area (Å²) in [4.78, 5) is 4.46. The van der Waals surface area contributed by atoms with Crippen LogP contribution in [0.4, 0.5) is 4.39 Å². The third-order valence-corrected chi connectivity index (χ3v) is 7.06. The van der Waals surface area contributed by atoms with Gasteiger partial charge in [-0.05, 0) is 49.7 Å². The molecule has 28 heavy (non-hydrogen) atoms. The number of benzene rings is 2. The summed E-state index contributed by atoms with van der Waals surface area (Å²) < 4.78 is 45.3. The molecule has 3 rings (SSSR count). The van der Waals surface area contributed by atoms with Gasteiger partial charge in [0.2, 0.25) is 25.8 Å². The van der Waals surface area contributed by atoms with Gasteiger partial charge in [0.25, 0.3) is 0 Å². The van der Waals surface area contributed by atoms with Crippen LogP contribution in [0.5, 0.6) is 0 Å². The monoisotopic (exact) mass is 419 g/mol. The molecule has 2 aromatic carbocycles. The number of hydrogen-bond acceptors (Lipinski definition) is 5. The van der Waals surface area contributed by atoms with E-state index in [0.717, 1.165) is 30.6 Å². The van der Waals surface area contributed by atoms with Gasteiger partial charge in [0.05, 0.1) is 4.90 Å². The number of nitrogens with zero attached hydrogens (tertiary/aromatic N) is 1. The Kier molecular flexibility index (Phi) is 6.57. The van der Waals surface area contributed by atoms with Gasteiger partial charge in [0, 0.05) is 11.3 Å². The van der Waals surface area contributed by atoms with Crippen molar-refractivity contribution in [2.45, 2.75) is 48.1 Å². The lowest BCUT2D eigenvalue weighted by atomic mass is 10.2. The highest BCUT2D eigenvalue weighted by molar-refractivity contribution is 8.00. The number of rotatable bonds is 8. The van der Waals surface area contributed by atoms with Gasteiger partial charge in [-0.3, -0.25) is 0 Å². The van der Waals surface area contributed by atoms with Gasteiger partial charge >= 0.3 is 0 Å². The highest BCUT2D eigenvalue weighted by atomic mass is 32.2. The molecule has 0 saturated carbocycles. The first-order valence-electron chi connectivity index (χ1n) is 9.13. The molecule has 0 radical (unpaired) electrons. The number of hydrogen-bond donors (Lipinski definition) is 0. The van der Waals surface area contributed by atoms with Crippen LogP contribution >= 0.6 is 11.8 Å². The van der Waals surface area contributed by atoms with Crippen LogP contribution in [0.2, 0.25) is 0 Å². The van der Waals surface area contributed by atoms with Gasteiger partial charge in [-0.25, -0.2) is 12.8 Å². The Hall–Kier alpha value is -2.12. The Balaban J connectivity index is 2.01. The van der Waals surface area contributed by atoms with Crippen molar-refractivity contribution in [3.05, 3.63) is 59.9 Å². The molecule has 1 aromatic heterocycles. The third-order valence-electron chi connectivity index (χ3n) is 4.23. The Morgan fingerprint density at radius 1 is 1.04 bits per heavy atom. The molecule has 0 atom stereocenters. The molecule has 4 nitrogen and oxygen atoms in total. The summed E-state index contributed by atoms with van der Waals surface area (Å²) in [6.45, 7) is 4.01. The zero-order valence-electron chi connectivity index (χ0n) is 15.8. The second-order valence-electron chi connectivity index (χ2n) is 6.49. The smallest absolute Gasteiger partial charge is 0.228 e. The largest absolute Gasteiger partial charge is 0.428 e. The fourth-order valence-corrected chi connectivity index (χ4v) is 5.14. The minimum atomic E-state index is -3.82. The highest BCUT2D eigenvalue weighted by Crippen LogP contribution is 2.35. The van der Waals surface area contributed by atoms with Gasteiger partial charge < -0.3 is 4.42 Å². The summed E-state index contributed by atoms with van der Waals surface area (Å²) in [5.41, 5.74) is 1.50. The van der Waals surface area contributed by atoms with Crippen molar-refractivity contribution >= 4 is 21.6 Å². The SMILES string of the molecule is CCCCCSc1oc(-c2ccc(F)cc2)nc1S(=O)(=O)c1ccc(C)cc1. The van der Waals surface area contributed by atoms with E-state index in [4.69, 9.17) is 4.42 Å². The number of aryl methyl sites for hydroxylation is 1. The molecular formula is C21H22FNO3S2. The molecule has 0 bridgehead atoms. The second kappa shape index (κ2) is 8.92. The van der Waals surface area contributed by atoms with Crippen LogP contribution in [-0.4, -0.2) is 19.2 Å². The van der Waals surface area contributed by atoms with Crippen LogP contribution in [0.25, 0.3) is 11.5 Å². The van der Waals surface area contributed by atoms with Gasteiger partial charge in [0.1, 0.15) is 5.82 Å². The Morgan fingerprint density at radius 2 is 1.71 bits per heavy atom. The standard InChI is InChI=1S/C21H22FNO3S2/c1-3-4-5-14-27-21-20(28(24,25)18-12-6-15(2)7-13-18)23-19(26-21)16-8-10-17(22)11-9-16/h6-13H,3-5,14H2,1-2H3. The highest BCUT2D eigenvalue weighted by Gasteiger charge is 2.28. The summed E-state index contributed by atoms with van der Waals surface area (Å²) in [6, 6.07) is 12.3. The van der Waals surface area contributed by atoms with Gasteiger partial charge in [0.15, 0.2) is 0 Å². The van der Waals surface area contributed by atoms with Crippen LogP contribution in [0.15, 0.2) is 68.0 Å². The summed E-state index contributed by atoms with van der Waals surface area (Å²) >= 11 is 1.35. The van der Waals surface area contributed by atoms with E-state index >= 15 is 0 Å². The zero-order valence-corrected chi connectivity index (χ0v) is 17.4. The number of thioether (sulfide) groups is 1. The minimum absolute atomic E-state index is 0.0859. The number of aromatic nitrogens is 1. The van der Waals surface area contributed by atoms with Crippen molar-refractivity contribution in [3.63, 3.8) is 0 Å². The average molecular weight is 420 g/mol. The van der Waals surface area contributed by atoms with Gasteiger partial charge in [-0.15, -0.1) is 0 Å². The number of oxazole rings is 1. The molecule has 3 aromatic rings. The molecule has 1 heterocycles. The van der Waals surface area contributed by atoms with Gasteiger partial charge in [-0.1, -0.05) is 49.2 Å². The molecule has 0 saturated heterocycles. The van der Waals surface area contributed by atoms with E-state index < -0.39 is 9.84 Å². The zero-order chi connectivity index (χ0) is 20.1. The maximum absolute atomic E-state index is 13.2. The van der Waals surface area contributed by atoms with Gasteiger partial charge in [-0.2, -0.15) is 4.98 Å². The molecule has 0 aliphatic heterocycles. The van der Waals surface area contributed by atoms with E-state index in [2.05, 4.69) is 11.9 Å². The molecular weight excluding hydrogens is 397 g/mol. The first kappa shape index (κ1) is 20.6. The van der Waals surface area contributed by atoms with Crippen LogP contribution < -0.4 is 0 Å². The van der Waals surface area contributed by atoms with Crippen molar-refractivity contribution < 1.29 is 17.2 Å². The quantitative estimate of drug-likeness (QED) is 0.336. The Morgan fingerprint density at radius 3 is 2.36 bits per heavy atom. The normalized spacial score (nSPS) is 11.7. The van der Waals surface area contributed by atoms with E-state index in [1.807, 2.05) is 6.92 Å². The van der Waals surface area contributed by atoms with Crippen molar-refractivity contribution in [1.82, 2.24) is 4.98 Å². The second-order valence-corrected chi connectivity index (χ2v) is 9.42. The molecule has 0 spiro atoms. The lowest BCUT2D eigenvalue weighted by Gasteiger charge is -2.04. The van der Waals surface area contributed by atoms with Crippen molar-refractivity contribution in [3.8, 4) is 11.5 Å². The lowest BCUT2D eigenvalue weighted by molar-refractivity contribution is 0.470. The first-order chi connectivity index (χ1) is 13.4. The molecule has 0 N–H and O–H groups in total. The van der Waals surface area contributed by atoms with Crippen LogP contribution in [0.3, 0.4) is 0 Å². The van der Waals surface area contributed by atoms with E-state index in [1.54, 1.807) is 24.3 Å². The minimum Gasteiger partial charge on any atom is -0.428 e. The Bertz CT molecular complexity index is 1030. The summed E-state index contributed by atoms with van der Waals surface area (Å²) in [7, 11) is -3.82. The number of sulfone groups is 1. The lowest BCUT2D eigenvalue weighted by Crippen LogP contribution is -2.04. The predicted octanol–water partition coefficient (Wildman–Crippen LogP) is 5.90. The molecule has 0 unspecified atom stereocenters. The molecule has 7 heteroatoms. The topological polar surface area (TPSA) is 60.2 Å². The van der Waals surface area contributed by atoms with E-state index in [-0.39, 0.29) is 26.7 Å². The number of halogens is 1. The first-order valence-corrected chi connectivity index (χ1v) is 11.6. The molecule has 0 aliphatic rings. The van der Waals surface area contributed by atoms with E-state index in [9.17, 15) is 12.8 Å². The van der Waals surface area contributed by atoms with Crippen LogP contribution in [-0.2, 0) is 9.84 Å². The predicted molar refractivity (Wildman–Crippen MR) is 109 cm³/mol. The van der Waals surface area contributed by atoms with Crippen LogP contribution in [0.1, 0.15) is 31.7 Å².